The number of methoxy groups -OCH3 is 1. The van der Waals surface area contributed by atoms with Crippen molar-refractivity contribution in [3.05, 3.63) is 46.7 Å². The summed E-state index contributed by atoms with van der Waals surface area (Å²) in [4.78, 5) is 26.5. The summed E-state index contributed by atoms with van der Waals surface area (Å²) in [6, 6.07) is 7.26. The summed E-state index contributed by atoms with van der Waals surface area (Å²) in [5.41, 5.74) is 0.712. The first-order chi connectivity index (χ1) is 12.9. The van der Waals surface area contributed by atoms with Crippen LogP contribution in [-0.2, 0) is 9.53 Å². The molecule has 1 aromatic carbocycles. The molecule has 0 spiro atoms. The Balaban J connectivity index is 1.88. The Morgan fingerprint density at radius 1 is 1.37 bits per heavy atom. The zero-order valence-electron chi connectivity index (χ0n) is 15.3. The molecule has 144 valence electrons. The lowest BCUT2D eigenvalue weighted by Gasteiger charge is -2.39. The molecule has 27 heavy (non-hydrogen) atoms. The molecule has 7 nitrogen and oxygen atoms in total. The molecular formula is C19H22ClN3O4. The summed E-state index contributed by atoms with van der Waals surface area (Å²) >= 11 is 6.24. The topological polar surface area (TPSA) is 84.7 Å². The first-order valence-corrected chi connectivity index (χ1v) is 9.08. The molecule has 1 aliphatic heterocycles. The first kappa shape index (κ1) is 19.4. The van der Waals surface area contributed by atoms with Crippen LogP contribution in [0.4, 0.5) is 0 Å². The Hall–Kier alpha value is -2.38. The van der Waals surface area contributed by atoms with Crippen LogP contribution >= 0.6 is 11.6 Å². The molecule has 0 radical (unpaired) electrons. The third-order valence-electron chi connectivity index (χ3n) is 5.06. The number of likely N-dealkylation sites (tertiary alicyclic amines) is 1. The van der Waals surface area contributed by atoms with Crippen LogP contribution in [0, 0.1) is 12.3 Å². The van der Waals surface area contributed by atoms with Gasteiger partial charge >= 0.3 is 5.97 Å². The summed E-state index contributed by atoms with van der Waals surface area (Å²) in [6.45, 7) is 2.50. The molecule has 1 atom stereocenters. The van der Waals surface area contributed by atoms with Crippen molar-refractivity contribution in [2.75, 3.05) is 26.8 Å². The van der Waals surface area contributed by atoms with Gasteiger partial charge in [0.2, 0.25) is 0 Å². The van der Waals surface area contributed by atoms with E-state index in [1.54, 1.807) is 22.6 Å². The Bertz CT molecular complexity index is 862. The van der Waals surface area contributed by atoms with E-state index in [9.17, 15) is 14.7 Å². The zero-order valence-corrected chi connectivity index (χ0v) is 16.1. The normalized spacial score (nSPS) is 19.9. The van der Waals surface area contributed by atoms with Gasteiger partial charge in [0.25, 0.3) is 5.91 Å². The molecular weight excluding hydrogens is 370 g/mol. The Kier molecular flexibility index (Phi) is 5.53. The number of para-hydroxylation sites is 1. The SMILES string of the molecule is COCC1(C(=O)O)CCCN(C(=O)c2cnn(-c3ccccc3Cl)c2C)C1. The fraction of sp³-hybridized carbons (Fsp3) is 0.421. The fourth-order valence-corrected chi connectivity index (χ4v) is 3.81. The van der Waals surface area contributed by atoms with Gasteiger partial charge in [0.15, 0.2) is 0 Å². The third-order valence-corrected chi connectivity index (χ3v) is 5.38. The summed E-state index contributed by atoms with van der Waals surface area (Å²) < 4.78 is 6.75. The van der Waals surface area contributed by atoms with Crippen molar-refractivity contribution in [3.8, 4) is 5.69 Å². The van der Waals surface area contributed by atoms with Crippen LogP contribution in [0.15, 0.2) is 30.5 Å². The summed E-state index contributed by atoms with van der Waals surface area (Å²) in [7, 11) is 1.48. The molecule has 2 heterocycles. The number of aliphatic carboxylic acids is 1. The van der Waals surface area contributed by atoms with E-state index in [2.05, 4.69) is 5.10 Å². The van der Waals surface area contributed by atoms with Gasteiger partial charge in [0.05, 0.1) is 34.8 Å². The van der Waals surface area contributed by atoms with E-state index in [0.717, 1.165) is 0 Å². The monoisotopic (exact) mass is 391 g/mol. The number of nitrogens with zero attached hydrogens (tertiary/aromatic N) is 3. The molecule has 1 aromatic heterocycles. The molecule has 1 amide bonds. The second-order valence-corrected chi connectivity index (χ2v) is 7.26. The number of piperidine rings is 1. The van der Waals surface area contributed by atoms with Crippen LogP contribution in [0.3, 0.4) is 0 Å². The quantitative estimate of drug-likeness (QED) is 0.847. The van der Waals surface area contributed by atoms with Gasteiger partial charge in [-0.25, -0.2) is 4.68 Å². The number of halogens is 1. The molecule has 3 rings (SSSR count). The molecule has 0 aliphatic carbocycles. The Morgan fingerprint density at radius 2 is 2.11 bits per heavy atom. The summed E-state index contributed by atoms with van der Waals surface area (Å²) in [5.74, 6) is -1.17. The first-order valence-electron chi connectivity index (χ1n) is 8.71. The number of hydrogen-bond donors (Lipinski definition) is 1. The lowest BCUT2D eigenvalue weighted by Crippen LogP contribution is -2.52. The van der Waals surface area contributed by atoms with Crippen molar-refractivity contribution in [1.29, 1.82) is 0 Å². The number of amides is 1. The van der Waals surface area contributed by atoms with Gasteiger partial charge in [-0.2, -0.15) is 5.10 Å². The van der Waals surface area contributed by atoms with Gasteiger partial charge in [-0.15, -0.1) is 0 Å². The molecule has 8 heteroatoms. The van der Waals surface area contributed by atoms with Crippen LogP contribution in [0.5, 0.6) is 0 Å². The van der Waals surface area contributed by atoms with E-state index in [4.69, 9.17) is 16.3 Å². The van der Waals surface area contributed by atoms with E-state index in [1.807, 2.05) is 18.2 Å². The smallest absolute Gasteiger partial charge is 0.313 e. The van der Waals surface area contributed by atoms with Gasteiger partial charge < -0.3 is 14.7 Å². The number of aromatic nitrogens is 2. The van der Waals surface area contributed by atoms with Crippen LogP contribution in [0.2, 0.25) is 5.02 Å². The predicted octanol–water partition coefficient (Wildman–Crippen LogP) is 2.79. The number of carboxylic acids is 1. The van der Waals surface area contributed by atoms with Crippen molar-refractivity contribution < 1.29 is 19.4 Å². The number of benzene rings is 1. The van der Waals surface area contributed by atoms with Gasteiger partial charge in [0, 0.05) is 20.2 Å². The second kappa shape index (κ2) is 7.70. The minimum atomic E-state index is -1.07. The average Bonchev–Trinajstić information content (AvgIpc) is 3.03. The van der Waals surface area contributed by atoms with E-state index >= 15 is 0 Å². The number of rotatable bonds is 5. The average molecular weight is 392 g/mol. The van der Waals surface area contributed by atoms with E-state index in [1.165, 1.54) is 13.3 Å². The lowest BCUT2D eigenvalue weighted by atomic mass is 9.80. The summed E-state index contributed by atoms with van der Waals surface area (Å²) in [6.07, 6.45) is 2.60. The molecule has 1 fully saturated rings. The molecule has 1 saturated heterocycles. The zero-order chi connectivity index (χ0) is 19.6. The number of carbonyl (C=O) groups is 2. The highest BCUT2D eigenvalue weighted by Gasteiger charge is 2.44. The van der Waals surface area contributed by atoms with Crippen molar-refractivity contribution in [2.24, 2.45) is 5.41 Å². The maximum atomic E-state index is 13.1. The highest BCUT2D eigenvalue weighted by atomic mass is 35.5. The second-order valence-electron chi connectivity index (χ2n) is 6.86. The number of ether oxygens (including phenoxy) is 1. The molecule has 0 saturated carbocycles. The number of carbonyl (C=O) groups excluding carboxylic acids is 1. The van der Waals surface area contributed by atoms with Gasteiger partial charge in [-0.1, -0.05) is 23.7 Å². The Morgan fingerprint density at radius 3 is 2.78 bits per heavy atom. The van der Waals surface area contributed by atoms with Gasteiger partial charge in [-0.05, 0) is 31.9 Å². The van der Waals surface area contributed by atoms with E-state index in [-0.39, 0.29) is 19.1 Å². The maximum Gasteiger partial charge on any atom is 0.313 e. The van der Waals surface area contributed by atoms with Crippen molar-refractivity contribution in [3.63, 3.8) is 0 Å². The van der Waals surface area contributed by atoms with Gasteiger partial charge in [0.1, 0.15) is 5.41 Å². The van der Waals surface area contributed by atoms with Crippen molar-refractivity contribution >= 4 is 23.5 Å². The molecule has 1 N–H and O–H groups in total. The van der Waals surface area contributed by atoms with Crippen LogP contribution in [0.1, 0.15) is 28.9 Å². The lowest BCUT2D eigenvalue weighted by molar-refractivity contribution is -0.155. The standard InChI is InChI=1S/C19H22ClN3O4/c1-13-14(10-21-23(13)16-7-4-3-6-15(16)20)17(24)22-9-5-8-19(11-22,12-27-2)18(25)26/h3-4,6-7,10H,5,8-9,11-12H2,1-2H3,(H,25,26). The van der Waals surface area contributed by atoms with Crippen LogP contribution < -0.4 is 0 Å². The highest BCUT2D eigenvalue weighted by Crippen LogP contribution is 2.32. The minimum absolute atomic E-state index is 0.0734. The fourth-order valence-electron chi connectivity index (χ4n) is 3.59. The van der Waals surface area contributed by atoms with Crippen molar-refractivity contribution in [1.82, 2.24) is 14.7 Å². The van der Waals surface area contributed by atoms with Crippen LogP contribution in [-0.4, -0.2) is 58.5 Å². The third kappa shape index (κ3) is 3.57. The molecule has 0 bridgehead atoms. The largest absolute Gasteiger partial charge is 0.481 e. The maximum absolute atomic E-state index is 13.1. The predicted molar refractivity (Wildman–Crippen MR) is 100 cm³/mol. The van der Waals surface area contributed by atoms with Crippen LogP contribution in [0.25, 0.3) is 5.69 Å². The van der Waals surface area contributed by atoms with Crippen molar-refractivity contribution in [2.45, 2.75) is 19.8 Å². The summed E-state index contributed by atoms with van der Waals surface area (Å²) in [5, 5.41) is 14.5. The minimum Gasteiger partial charge on any atom is -0.481 e. The van der Waals surface area contributed by atoms with Gasteiger partial charge in [-0.3, -0.25) is 9.59 Å². The van der Waals surface area contributed by atoms with E-state index < -0.39 is 11.4 Å². The molecule has 2 aromatic rings. The number of carboxylic acid groups (broad SMARTS) is 1. The molecule has 1 aliphatic rings. The highest BCUT2D eigenvalue weighted by molar-refractivity contribution is 6.32. The number of hydrogen-bond acceptors (Lipinski definition) is 4. The molecule has 1 unspecified atom stereocenters. The van der Waals surface area contributed by atoms with E-state index in [0.29, 0.717) is 41.4 Å². The Labute approximate surface area is 162 Å².